The predicted molar refractivity (Wildman–Crippen MR) is 227 cm³/mol. The second-order valence-corrected chi connectivity index (χ2v) is 19.7. The molecule has 22 heteroatoms. The van der Waals surface area contributed by atoms with Crippen LogP contribution in [0.1, 0.15) is 37.5 Å². The van der Waals surface area contributed by atoms with Crippen molar-refractivity contribution in [1.29, 1.82) is 0 Å². The van der Waals surface area contributed by atoms with E-state index >= 15 is 43.9 Å². The van der Waals surface area contributed by atoms with Crippen LogP contribution in [-0.2, 0) is 4.43 Å². The number of hydrogen-bond acceptors (Lipinski definition) is 1. The van der Waals surface area contributed by atoms with Crippen molar-refractivity contribution in [2.75, 3.05) is 6.61 Å². The zero-order valence-corrected chi connectivity index (χ0v) is 37.4. The first-order valence-electron chi connectivity index (χ1n) is 20.8. The first-order chi connectivity index (χ1) is 33.5. The van der Waals surface area contributed by atoms with Gasteiger partial charge >= 0.3 is 0 Å². The van der Waals surface area contributed by atoms with E-state index in [1.165, 1.54) is 29.5 Å². The van der Waals surface area contributed by atoms with Crippen LogP contribution in [-0.4, -0.2) is 21.1 Å². The highest BCUT2D eigenvalue weighted by Gasteiger charge is 2.53. The van der Waals surface area contributed by atoms with Gasteiger partial charge in [-0.3, -0.25) is 0 Å². The van der Waals surface area contributed by atoms with Crippen molar-refractivity contribution in [3.63, 3.8) is 0 Å². The van der Waals surface area contributed by atoms with Gasteiger partial charge in [-0.2, -0.15) is 0 Å². The molecule has 0 spiro atoms. The average Bonchev–Trinajstić information content (AvgIpc) is 3.37. The molecule has 0 aliphatic heterocycles. The Kier molecular flexibility index (Phi) is 15.8. The van der Waals surface area contributed by atoms with Gasteiger partial charge in [0, 0.05) is 11.8 Å². The van der Waals surface area contributed by atoms with Crippen molar-refractivity contribution in [2.45, 2.75) is 32.9 Å². The van der Waals surface area contributed by atoms with Gasteiger partial charge in [-0.1, -0.05) is 32.0 Å². The molecule has 7 aromatic rings. The molecule has 0 radical (unpaired) electrons. The standard InChI is InChI=1S/C30H15BF19OSi.C19H15/c1-4-51-52(5-2,6-3)30-28(49)17(38)10(18(39)29(30)50)31(7-11(32)19(40)25(46)20(41)12(7)33,8-13(34)21(42)26(47)22(43)14(8)35)9-15(36)23(44)27(48)24(45)16(9)37;1-4-10-16(11-5-1)19(17-12-6-2-7-13-17)18-14-8-3-9-15-18/h4-6H2,1-3H3;1-15H/q-1;+1. The molecule has 372 valence electrons. The minimum absolute atomic E-state index is 0.467. The van der Waals surface area contributed by atoms with Crippen LogP contribution >= 0.6 is 0 Å². The first-order valence-corrected chi connectivity index (χ1v) is 23.1. The fourth-order valence-corrected chi connectivity index (χ4v) is 12.1. The third kappa shape index (κ3) is 8.71. The molecule has 0 atom stereocenters. The monoisotopic (exact) mass is 1030 g/mol. The van der Waals surface area contributed by atoms with E-state index in [0.717, 1.165) is 13.8 Å². The lowest BCUT2D eigenvalue weighted by Gasteiger charge is -2.45. The molecule has 0 N–H and O–H groups in total. The molecule has 71 heavy (non-hydrogen) atoms. The Hall–Kier alpha value is -6.68. The van der Waals surface area contributed by atoms with Gasteiger partial charge in [-0.05, 0) is 91.8 Å². The SMILES string of the molecule is CCO[Si](CC)(CC)c1c(F)c(F)c([B-](c2c(F)c(F)c(F)c(F)c2F)(c2c(F)c(F)c(F)c(F)c2F)c2c(F)c(F)c(F)c(F)c2F)c(F)c1F.c1ccc([C+](c2ccccc2)c2ccccc2)cc1. The molecule has 0 aromatic heterocycles. The third-order valence-corrected chi connectivity index (χ3v) is 16.4. The quantitative estimate of drug-likeness (QED) is 0.0296. The van der Waals surface area contributed by atoms with Crippen LogP contribution in [0.4, 0.5) is 83.4 Å². The van der Waals surface area contributed by atoms with Crippen LogP contribution in [0, 0.1) is 116 Å². The summed E-state index contributed by atoms with van der Waals surface area (Å²) in [5.74, 6) is -63.5. The third-order valence-electron chi connectivity index (χ3n) is 12.0. The highest BCUT2D eigenvalue weighted by Crippen LogP contribution is 2.33. The first kappa shape index (κ1) is 53.7. The van der Waals surface area contributed by atoms with Gasteiger partial charge in [0.2, 0.25) is 8.32 Å². The molecule has 0 heterocycles. The number of hydrogen-bond donors (Lipinski definition) is 0. The molecule has 0 bridgehead atoms. The average molecular weight is 1030 g/mol. The van der Waals surface area contributed by atoms with E-state index < -0.39 is 171 Å². The summed E-state index contributed by atoms with van der Waals surface area (Å²) in [7, 11) is -4.41. The van der Waals surface area contributed by atoms with Gasteiger partial charge in [-0.25, -0.2) is 83.4 Å². The van der Waals surface area contributed by atoms with E-state index in [-0.39, 0.29) is 0 Å². The molecule has 0 fully saturated rings. The Balaban J connectivity index is 0.000000358. The second kappa shape index (κ2) is 21.0. The molecule has 0 saturated heterocycles. The van der Waals surface area contributed by atoms with Gasteiger partial charge in [0.25, 0.3) is 0 Å². The van der Waals surface area contributed by atoms with Crippen molar-refractivity contribution in [2.24, 2.45) is 0 Å². The van der Waals surface area contributed by atoms with Crippen LogP contribution in [0.3, 0.4) is 0 Å². The van der Waals surface area contributed by atoms with E-state index in [1.54, 1.807) is 0 Å². The molecule has 0 unspecified atom stereocenters. The molecule has 0 aliphatic rings. The lowest BCUT2D eigenvalue weighted by molar-refractivity contribution is 0.327. The lowest BCUT2D eigenvalue weighted by Crippen LogP contribution is -2.81. The van der Waals surface area contributed by atoms with E-state index in [0.29, 0.717) is 0 Å². The van der Waals surface area contributed by atoms with Crippen molar-refractivity contribution >= 4 is 41.5 Å². The van der Waals surface area contributed by atoms with Crippen LogP contribution < -0.4 is 27.0 Å². The van der Waals surface area contributed by atoms with Crippen LogP contribution in [0.2, 0.25) is 12.1 Å². The van der Waals surface area contributed by atoms with Crippen molar-refractivity contribution in [3.05, 3.63) is 224 Å². The number of benzene rings is 7. The molecular formula is C49H30BF19OSi. The van der Waals surface area contributed by atoms with E-state index in [1.807, 2.05) is 0 Å². The molecule has 0 saturated carbocycles. The molecule has 0 amide bonds. The maximum atomic E-state index is 16.6. The molecule has 7 aromatic carbocycles. The lowest BCUT2D eigenvalue weighted by atomic mass is 9.12. The highest BCUT2D eigenvalue weighted by molar-refractivity contribution is 7.20. The Morgan fingerprint density at radius 3 is 0.746 bits per heavy atom. The summed E-state index contributed by atoms with van der Waals surface area (Å²) < 4.78 is 298. The Labute approximate surface area is 392 Å². The number of rotatable bonds is 12. The van der Waals surface area contributed by atoms with Gasteiger partial charge < -0.3 is 4.43 Å². The molecule has 0 aliphatic carbocycles. The van der Waals surface area contributed by atoms with E-state index in [2.05, 4.69) is 91.0 Å². The molecular weight excluding hydrogens is 1000 g/mol. The van der Waals surface area contributed by atoms with Gasteiger partial charge in [-0.15, -0.1) is 21.9 Å². The fourth-order valence-electron chi connectivity index (χ4n) is 8.77. The zero-order valence-electron chi connectivity index (χ0n) is 36.4. The fraction of sp³-hybridized carbons (Fsp3) is 0.122. The maximum Gasteiger partial charge on any atom is 0.230 e. The summed E-state index contributed by atoms with van der Waals surface area (Å²) in [6.07, 6.45) is -7.14. The second-order valence-electron chi connectivity index (χ2n) is 15.5. The van der Waals surface area contributed by atoms with Crippen LogP contribution in [0.5, 0.6) is 0 Å². The highest BCUT2D eigenvalue weighted by atomic mass is 28.4. The topological polar surface area (TPSA) is 9.23 Å². The summed E-state index contributed by atoms with van der Waals surface area (Å²) in [5.41, 5.74) is -10.00. The van der Waals surface area contributed by atoms with Crippen molar-refractivity contribution in [3.8, 4) is 0 Å². The Morgan fingerprint density at radius 1 is 0.324 bits per heavy atom. The smallest absolute Gasteiger partial charge is 0.230 e. The van der Waals surface area contributed by atoms with Gasteiger partial charge in [0.1, 0.15) is 52.7 Å². The van der Waals surface area contributed by atoms with Gasteiger partial charge in [0.15, 0.2) is 64.0 Å². The molecule has 7 rings (SSSR count). The van der Waals surface area contributed by atoms with Crippen LogP contribution in [0.15, 0.2) is 91.0 Å². The maximum absolute atomic E-state index is 16.6. The zero-order chi connectivity index (χ0) is 52.6. The Morgan fingerprint density at radius 2 is 0.535 bits per heavy atom. The minimum atomic E-state index is -7.14. The summed E-state index contributed by atoms with van der Waals surface area (Å²) >= 11 is 0. The van der Waals surface area contributed by atoms with E-state index in [4.69, 9.17) is 4.43 Å². The normalized spacial score (nSPS) is 11.7. The van der Waals surface area contributed by atoms with Gasteiger partial charge in [0.05, 0.1) is 22.6 Å². The Bertz CT molecular complexity index is 2760. The van der Waals surface area contributed by atoms with E-state index in [9.17, 15) is 39.5 Å². The summed E-state index contributed by atoms with van der Waals surface area (Å²) in [4.78, 5) is 0. The molecule has 1 nitrogen and oxygen atoms in total. The summed E-state index contributed by atoms with van der Waals surface area (Å²) in [6, 6.07) is 30.6. The number of halogens is 19. The minimum Gasteiger partial charge on any atom is -0.412 e. The summed E-state index contributed by atoms with van der Waals surface area (Å²) in [6.45, 7) is 3.01. The predicted octanol–water partition coefficient (Wildman–Crippen LogP) is 11.6. The van der Waals surface area contributed by atoms with Crippen molar-refractivity contribution in [1.82, 2.24) is 0 Å². The van der Waals surface area contributed by atoms with Crippen molar-refractivity contribution < 1.29 is 87.8 Å². The largest absolute Gasteiger partial charge is 0.412 e. The summed E-state index contributed by atoms with van der Waals surface area (Å²) in [5, 5.41) is -1.73. The van der Waals surface area contributed by atoms with Crippen LogP contribution in [0.25, 0.3) is 0 Å².